The number of unbranched alkanes of at least 4 members (excludes halogenated alkanes) is 8. The second-order valence-corrected chi connectivity index (χ2v) is 5.56. The number of hydrogen-bond donors (Lipinski definition) is 2. The van der Waals surface area contributed by atoms with Gasteiger partial charge in [0.1, 0.15) is 0 Å². The Bertz CT molecular complexity index is 158. The lowest BCUT2D eigenvalue weighted by molar-refractivity contribution is 0.116. The molecule has 0 aromatic rings. The Morgan fingerprint density at radius 3 is 1.00 bits per heavy atom. The van der Waals surface area contributed by atoms with E-state index in [2.05, 4.69) is 0 Å². The summed E-state index contributed by atoms with van der Waals surface area (Å²) < 4.78 is 11.1. The highest BCUT2D eigenvalue weighted by molar-refractivity contribution is 4.45. The third-order valence-corrected chi connectivity index (χ3v) is 3.47. The largest absolute Gasteiger partial charge is 0.396 e. The molecule has 0 radical (unpaired) electrons. The van der Waals surface area contributed by atoms with Crippen molar-refractivity contribution in [1.82, 2.24) is 0 Å². The maximum atomic E-state index is 8.64. The van der Waals surface area contributed by atoms with E-state index < -0.39 is 0 Å². The van der Waals surface area contributed by atoms with E-state index in [1.807, 2.05) is 0 Å². The first-order valence-corrected chi connectivity index (χ1v) is 8.79. The molecule has 0 saturated heterocycles. The predicted octanol–water partition coefficient (Wildman–Crippen LogP) is 3.30. The molecule has 4 nitrogen and oxygen atoms in total. The Morgan fingerprint density at radius 1 is 0.381 bits per heavy atom. The third kappa shape index (κ3) is 19.8. The minimum Gasteiger partial charge on any atom is -0.396 e. The van der Waals surface area contributed by atoms with Gasteiger partial charge in [0.05, 0.1) is 0 Å². The molecule has 0 fully saturated rings. The van der Waals surface area contributed by atoms with E-state index in [9.17, 15) is 0 Å². The zero-order valence-corrected chi connectivity index (χ0v) is 13.7. The average molecular weight is 304 g/mol. The quantitative estimate of drug-likeness (QED) is 0.381. The lowest BCUT2D eigenvalue weighted by Crippen LogP contribution is -1.99. The monoisotopic (exact) mass is 304 g/mol. The first-order valence-electron chi connectivity index (χ1n) is 8.79. The molecule has 0 aromatic heterocycles. The Labute approximate surface area is 130 Å². The zero-order valence-electron chi connectivity index (χ0n) is 13.7. The van der Waals surface area contributed by atoms with Gasteiger partial charge in [-0.1, -0.05) is 25.7 Å². The first-order chi connectivity index (χ1) is 10.4. The highest BCUT2D eigenvalue weighted by atomic mass is 16.5. The van der Waals surface area contributed by atoms with E-state index >= 15 is 0 Å². The lowest BCUT2D eigenvalue weighted by atomic mass is 10.2. The number of aliphatic hydroxyl groups is 2. The van der Waals surface area contributed by atoms with E-state index in [4.69, 9.17) is 19.7 Å². The SMILES string of the molecule is OCCCCCCOCCCCCCOCCCCCO. The molecule has 0 atom stereocenters. The van der Waals surface area contributed by atoms with Crippen LogP contribution in [0.25, 0.3) is 0 Å². The molecule has 0 aliphatic carbocycles. The summed E-state index contributed by atoms with van der Waals surface area (Å²) in [5, 5.41) is 17.3. The van der Waals surface area contributed by atoms with Gasteiger partial charge in [-0.25, -0.2) is 0 Å². The smallest absolute Gasteiger partial charge is 0.0466 e. The molecular weight excluding hydrogens is 268 g/mol. The second-order valence-electron chi connectivity index (χ2n) is 5.56. The number of rotatable bonds is 18. The molecule has 0 unspecified atom stereocenters. The van der Waals surface area contributed by atoms with Gasteiger partial charge in [-0.3, -0.25) is 0 Å². The van der Waals surface area contributed by atoms with Gasteiger partial charge in [-0.05, 0) is 44.9 Å². The van der Waals surface area contributed by atoms with Crippen molar-refractivity contribution in [1.29, 1.82) is 0 Å². The number of ether oxygens (including phenoxy) is 2. The van der Waals surface area contributed by atoms with Gasteiger partial charge in [-0.15, -0.1) is 0 Å². The highest BCUT2D eigenvalue weighted by Crippen LogP contribution is 2.03. The van der Waals surface area contributed by atoms with Crippen molar-refractivity contribution in [3.05, 3.63) is 0 Å². The molecule has 0 bridgehead atoms. The summed E-state index contributed by atoms with van der Waals surface area (Å²) in [5.41, 5.74) is 0. The maximum Gasteiger partial charge on any atom is 0.0466 e. The fraction of sp³-hybridized carbons (Fsp3) is 1.00. The van der Waals surface area contributed by atoms with Crippen LogP contribution in [0, 0.1) is 0 Å². The first kappa shape index (κ1) is 20.8. The van der Waals surface area contributed by atoms with Gasteiger partial charge < -0.3 is 19.7 Å². The number of aliphatic hydroxyl groups excluding tert-OH is 2. The molecule has 0 spiro atoms. The van der Waals surface area contributed by atoms with Crippen LogP contribution in [-0.2, 0) is 9.47 Å². The normalized spacial score (nSPS) is 11.1. The molecule has 2 N–H and O–H groups in total. The van der Waals surface area contributed by atoms with Crippen LogP contribution in [-0.4, -0.2) is 49.9 Å². The Hall–Kier alpha value is -0.160. The molecule has 128 valence electrons. The van der Waals surface area contributed by atoms with Crippen LogP contribution in [0.1, 0.15) is 70.6 Å². The van der Waals surface area contributed by atoms with Crippen molar-refractivity contribution in [3.8, 4) is 0 Å². The van der Waals surface area contributed by atoms with Gasteiger partial charge in [0.25, 0.3) is 0 Å². The fourth-order valence-corrected chi connectivity index (χ4v) is 2.13. The summed E-state index contributed by atoms with van der Waals surface area (Å²) in [6.45, 7) is 4.05. The standard InChI is InChI=1S/C17H36O4/c18-12-6-1-2-8-14-20-15-9-3-4-10-16-21-17-11-5-7-13-19/h18-19H,1-17H2. The molecule has 0 heterocycles. The zero-order chi connectivity index (χ0) is 15.4. The van der Waals surface area contributed by atoms with E-state index in [1.54, 1.807) is 0 Å². The Kier molecular flexibility index (Phi) is 19.7. The van der Waals surface area contributed by atoms with Gasteiger partial charge in [0, 0.05) is 39.6 Å². The second kappa shape index (κ2) is 19.8. The van der Waals surface area contributed by atoms with Crippen LogP contribution in [0.2, 0.25) is 0 Å². The van der Waals surface area contributed by atoms with Crippen LogP contribution in [0.5, 0.6) is 0 Å². The van der Waals surface area contributed by atoms with Crippen LogP contribution in [0.4, 0.5) is 0 Å². The molecule has 0 rings (SSSR count). The van der Waals surface area contributed by atoms with Crippen molar-refractivity contribution in [3.63, 3.8) is 0 Å². The summed E-state index contributed by atoms with van der Waals surface area (Å²) in [7, 11) is 0. The maximum absolute atomic E-state index is 8.64. The van der Waals surface area contributed by atoms with Crippen LogP contribution in [0.3, 0.4) is 0 Å². The summed E-state index contributed by atoms with van der Waals surface area (Å²) in [6, 6.07) is 0. The molecule has 0 aliphatic heterocycles. The van der Waals surface area contributed by atoms with Crippen LogP contribution in [0.15, 0.2) is 0 Å². The average Bonchev–Trinajstić information content (AvgIpc) is 2.50. The summed E-state index contributed by atoms with van der Waals surface area (Å²) in [5.74, 6) is 0. The Morgan fingerprint density at radius 2 is 0.667 bits per heavy atom. The van der Waals surface area contributed by atoms with Crippen LogP contribution >= 0.6 is 0 Å². The molecule has 0 amide bonds. The van der Waals surface area contributed by atoms with Crippen molar-refractivity contribution in [2.75, 3.05) is 39.6 Å². The molecule has 0 aliphatic rings. The summed E-state index contributed by atoms with van der Waals surface area (Å²) >= 11 is 0. The van der Waals surface area contributed by atoms with Crippen molar-refractivity contribution in [2.24, 2.45) is 0 Å². The van der Waals surface area contributed by atoms with E-state index in [-0.39, 0.29) is 0 Å². The van der Waals surface area contributed by atoms with E-state index in [1.165, 1.54) is 12.8 Å². The van der Waals surface area contributed by atoms with Gasteiger partial charge in [0.2, 0.25) is 0 Å². The Balaban J connectivity index is 2.90. The van der Waals surface area contributed by atoms with Gasteiger partial charge in [-0.2, -0.15) is 0 Å². The highest BCUT2D eigenvalue weighted by Gasteiger charge is 1.94. The van der Waals surface area contributed by atoms with E-state index in [0.717, 1.165) is 84.2 Å². The van der Waals surface area contributed by atoms with Crippen molar-refractivity contribution >= 4 is 0 Å². The van der Waals surface area contributed by atoms with Crippen LogP contribution < -0.4 is 0 Å². The topological polar surface area (TPSA) is 58.9 Å². The molecular formula is C17H36O4. The minimum atomic E-state index is 0.296. The summed E-state index contributed by atoms with van der Waals surface area (Å²) in [4.78, 5) is 0. The van der Waals surface area contributed by atoms with Crippen molar-refractivity contribution in [2.45, 2.75) is 70.6 Å². The lowest BCUT2D eigenvalue weighted by Gasteiger charge is -2.05. The van der Waals surface area contributed by atoms with Gasteiger partial charge >= 0.3 is 0 Å². The minimum absolute atomic E-state index is 0.296. The predicted molar refractivity (Wildman–Crippen MR) is 86.6 cm³/mol. The van der Waals surface area contributed by atoms with Crippen molar-refractivity contribution < 1.29 is 19.7 Å². The van der Waals surface area contributed by atoms with E-state index in [0.29, 0.717) is 13.2 Å². The van der Waals surface area contributed by atoms with Gasteiger partial charge in [0.15, 0.2) is 0 Å². The fourth-order valence-electron chi connectivity index (χ4n) is 2.13. The molecule has 0 saturated carbocycles. The molecule has 4 heteroatoms. The summed E-state index contributed by atoms with van der Waals surface area (Å²) in [6.07, 6.45) is 12.1. The third-order valence-electron chi connectivity index (χ3n) is 3.47. The molecule has 0 aromatic carbocycles. The molecule has 21 heavy (non-hydrogen) atoms. The number of hydrogen-bond acceptors (Lipinski definition) is 4.